The molecule has 0 amide bonds. The minimum Gasteiger partial charge on any atom is -0.412 e. The van der Waals surface area contributed by atoms with Crippen LogP contribution in [-0.4, -0.2) is 13.9 Å². The fourth-order valence-corrected chi connectivity index (χ4v) is 0. The third-order valence-electron chi connectivity index (χ3n) is 0. The standard InChI is InChI=1S/BH3.3FH.H2O/h1H3;3*1H;1H2. The van der Waals surface area contributed by atoms with Crippen molar-refractivity contribution in [2.24, 2.45) is 0 Å². The summed E-state index contributed by atoms with van der Waals surface area (Å²) in [6.45, 7) is 0. The highest BCUT2D eigenvalue weighted by Crippen LogP contribution is 0.422. The van der Waals surface area contributed by atoms with Crippen molar-refractivity contribution in [2.45, 2.75) is 0 Å². The van der Waals surface area contributed by atoms with Crippen LogP contribution in [0.5, 0.6) is 0 Å². The second-order valence-electron chi connectivity index (χ2n) is 0. The summed E-state index contributed by atoms with van der Waals surface area (Å²) in [5.74, 6) is 0. The van der Waals surface area contributed by atoms with Crippen molar-refractivity contribution in [2.75, 3.05) is 0 Å². The monoisotopic (exact) mass is 92.1 g/mol. The molecule has 0 saturated heterocycles. The van der Waals surface area contributed by atoms with Crippen molar-refractivity contribution >= 4 is 8.41 Å². The van der Waals surface area contributed by atoms with Crippen LogP contribution < -0.4 is 0 Å². The molecule has 0 aromatic heterocycles. The lowest BCUT2D eigenvalue weighted by atomic mass is 10.8. The lowest BCUT2D eigenvalue weighted by Crippen LogP contribution is -0.381. The van der Waals surface area contributed by atoms with Gasteiger partial charge in [0, 0.05) is 0 Å². The predicted molar refractivity (Wildman–Crippen MR) is 21.1 cm³/mol. The molecule has 2 N–H and O–H groups in total. The largest absolute Gasteiger partial charge is 0.412 e. The van der Waals surface area contributed by atoms with E-state index in [1.54, 1.807) is 0 Å². The van der Waals surface area contributed by atoms with E-state index in [1.807, 2.05) is 0 Å². The molecule has 0 atom stereocenters. The van der Waals surface area contributed by atoms with Gasteiger partial charge in [0.05, 0.1) is 8.41 Å². The minimum absolute atomic E-state index is 0. The van der Waals surface area contributed by atoms with E-state index >= 15 is 0 Å². The van der Waals surface area contributed by atoms with Crippen LogP contribution in [0.3, 0.4) is 0 Å². The smallest absolute Gasteiger partial charge is 0.0814 e. The molecule has 0 unspecified atom stereocenters. The molecule has 0 aliphatic heterocycles. The summed E-state index contributed by atoms with van der Waals surface area (Å²) in [5, 5.41) is 0. The van der Waals surface area contributed by atoms with Crippen molar-refractivity contribution in [3.8, 4) is 0 Å². The normalized spacial score (nSPS) is 0. The zero-order valence-electron chi connectivity index (χ0n) is 1.72. The van der Waals surface area contributed by atoms with Gasteiger partial charge < -0.3 is 5.48 Å². The Kier molecular flexibility index (Phi) is 361000. The van der Waals surface area contributed by atoms with E-state index < -0.39 is 0 Å². The Hall–Kier alpha value is -0.185. The summed E-state index contributed by atoms with van der Waals surface area (Å²) in [5.41, 5.74) is 0. The molecule has 0 spiro atoms. The molecule has 5 heavy (non-hydrogen) atoms. The number of rotatable bonds is 0. The summed E-state index contributed by atoms with van der Waals surface area (Å²) in [4.78, 5) is 0. The van der Waals surface area contributed by atoms with Crippen LogP contribution in [0, 0.1) is 0 Å². The Balaban J connectivity index is 0. The summed E-state index contributed by atoms with van der Waals surface area (Å²) in [6.07, 6.45) is 0. The maximum Gasteiger partial charge on any atom is 0.0814 e. The topological polar surface area (TPSA) is 31.5 Å². The number of halogens is 3. The first kappa shape index (κ1) is 2050. The molecule has 5 heteroatoms. The molecule has 0 rings (SSSR count). The molecule has 0 bridgehead atoms. The van der Waals surface area contributed by atoms with Gasteiger partial charge in [-0.1, -0.05) is 0 Å². The average molecular weight is 91.9 g/mol. The van der Waals surface area contributed by atoms with E-state index in [0.717, 1.165) is 0 Å². The van der Waals surface area contributed by atoms with Crippen molar-refractivity contribution in [1.82, 2.24) is 0 Å². The van der Waals surface area contributed by atoms with Crippen molar-refractivity contribution < 1.29 is 19.6 Å². The zero-order valence-corrected chi connectivity index (χ0v) is 1.72. The molecular weight excluding hydrogens is 83.8 g/mol. The van der Waals surface area contributed by atoms with E-state index in [4.69, 9.17) is 0 Å². The van der Waals surface area contributed by atoms with Crippen LogP contribution in [0.1, 0.15) is 0 Å². The summed E-state index contributed by atoms with van der Waals surface area (Å²) >= 11 is 0. The van der Waals surface area contributed by atoms with E-state index in [0.29, 0.717) is 0 Å². The quantitative estimate of drug-likeness (QED) is 0.324. The molecule has 0 heterocycles. The van der Waals surface area contributed by atoms with Crippen LogP contribution in [0.2, 0.25) is 0 Å². The summed E-state index contributed by atoms with van der Waals surface area (Å²) in [6, 6.07) is 0. The Morgan fingerprint density at radius 2 is 0.600 bits per heavy atom. The van der Waals surface area contributed by atoms with E-state index in [-0.39, 0.29) is 28.0 Å². The Morgan fingerprint density at radius 1 is 0.600 bits per heavy atom. The van der Waals surface area contributed by atoms with Gasteiger partial charge in [-0.05, 0) is 0 Å². The maximum atomic E-state index is 0. The van der Waals surface area contributed by atoms with Crippen LogP contribution in [0.25, 0.3) is 0 Å². The molecule has 38 valence electrons. The summed E-state index contributed by atoms with van der Waals surface area (Å²) in [7, 11) is 0. The molecule has 0 aromatic rings. The van der Waals surface area contributed by atoms with E-state index in [1.165, 1.54) is 0 Å². The van der Waals surface area contributed by atoms with Crippen LogP contribution >= 0.6 is 0 Å². The van der Waals surface area contributed by atoms with Crippen LogP contribution in [0.15, 0.2) is 0 Å². The zero-order chi connectivity index (χ0) is 0. The van der Waals surface area contributed by atoms with E-state index in [9.17, 15) is 0 Å². The van der Waals surface area contributed by atoms with Gasteiger partial charge in [-0.15, -0.1) is 0 Å². The van der Waals surface area contributed by atoms with Crippen molar-refractivity contribution in [3.63, 3.8) is 0 Å². The minimum atomic E-state index is 0. The fourth-order valence-electron chi connectivity index (χ4n) is 0. The first-order valence-corrected chi connectivity index (χ1v) is 0. The van der Waals surface area contributed by atoms with Crippen molar-refractivity contribution in [3.05, 3.63) is 0 Å². The molecule has 0 aromatic carbocycles. The molecular formula is H8BF3O. The molecule has 1 nitrogen and oxygen atoms in total. The predicted octanol–water partition coefficient (Wildman–Crippen LogP) is -1.55. The third-order valence-corrected chi connectivity index (χ3v) is 0. The highest BCUT2D eigenvalue weighted by atomic mass is 19.0. The SMILES string of the molecule is B.F.F.F.O. The second-order valence-corrected chi connectivity index (χ2v) is 0. The van der Waals surface area contributed by atoms with E-state index in [2.05, 4.69) is 0 Å². The highest BCUT2D eigenvalue weighted by molar-refractivity contribution is 5.75. The van der Waals surface area contributed by atoms with Crippen molar-refractivity contribution in [1.29, 1.82) is 0 Å². The second kappa shape index (κ2) is 883. The Labute approximate surface area is 29.4 Å². The number of hydrogen-bond acceptors (Lipinski definition) is 0. The molecule has 0 radical (unpaired) electrons. The fraction of sp³-hybridized carbons (Fsp3) is 0. The molecule has 0 saturated carbocycles. The van der Waals surface area contributed by atoms with Gasteiger partial charge in [0.25, 0.3) is 0 Å². The van der Waals surface area contributed by atoms with Crippen LogP contribution in [0.4, 0.5) is 14.1 Å². The molecule has 0 aliphatic rings. The average Bonchev–Trinajstić information content (AvgIpc) is 0. The lowest BCUT2D eigenvalue weighted by molar-refractivity contribution is 0.824. The maximum absolute atomic E-state index is 0. The lowest BCUT2D eigenvalue weighted by Gasteiger charge is -0.412. The number of hydrogen-bond donors (Lipinski definition) is 0. The Bertz CT molecular complexity index is 6.85. The first-order valence-electron chi connectivity index (χ1n) is 0. The molecule has 0 aliphatic carbocycles. The first-order chi connectivity index (χ1) is 0. The van der Waals surface area contributed by atoms with Gasteiger partial charge in [-0.2, -0.15) is 0 Å². The van der Waals surface area contributed by atoms with Gasteiger partial charge in [-0.3, -0.25) is 14.1 Å². The van der Waals surface area contributed by atoms with Crippen LogP contribution in [-0.2, 0) is 0 Å². The van der Waals surface area contributed by atoms with Gasteiger partial charge in [-0.25, -0.2) is 0 Å². The summed E-state index contributed by atoms with van der Waals surface area (Å²) < 4.78 is 0. The Morgan fingerprint density at radius 3 is 0.600 bits per heavy atom. The van der Waals surface area contributed by atoms with Gasteiger partial charge >= 0.3 is 0 Å². The van der Waals surface area contributed by atoms with Gasteiger partial charge in [0.15, 0.2) is 0 Å². The van der Waals surface area contributed by atoms with Gasteiger partial charge in [0.1, 0.15) is 0 Å². The highest BCUT2D eigenvalue weighted by Gasteiger charge is 0.0814. The van der Waals surface area contributed by atoms with Gasteiger partial charge in [0.2, 0.25) is 0 Å². The molecule has 0 fully saturated rings. The third kappa shape index (κ3) is 367.